The Morgan fingerprint density at radius 3 is 1.68 bits per heavy atom. The van der Waals surface area contributed by atoms with Crippen molar-refractivity contribution in [2.24, 2.45) is 0 Å². The molecule has 8 rings (SSSR count). The van der Waals surface area contributed by atoms with Crippen LogP contribution in [0.15, 0.2) is 119 Å². The highest BCUT2D eigenvalue weighted by Gasteiger charge is 2.14. The number of nitrogens with zero attached hydrogens (tertiary/aromatic N) is 7. The summed E-state index contributed by atoms with van der Waals surface area (Å²) in [6.45, 7) is 3.83. The highest BCUT2D eigenvalue weighted by molar-refractivity contribution is 5.86. The topological polar surface area (TPSA) is 196 Å². The minimum atomic E-state index is -0.543. The Kier molecular flexibility index (Phi) is 8.01. The number of H-pyrrole nitrogens is 2. The maximum absolute atomic E-state index is 12.2. The Morgan fingerprint density at radius 1 is 0.680 bits per heavy atom. The van der Waals surface area contributed by atoms with E-state index in [0.717, 1.165) is 50.8 Å². The largest absolute Gasteiger partial charge is 0.398 e. The van der Waals surface area contributed by atoms with E-state index in [1.165, 1.54) is 12.3 Å². The number of anilines is 1. The number of hydrogen-bond acceptors (Lipinski definition) is 9. The number of hydrogen-bond donors (Lipinski definition) is 3. The van der Waals surface area contributed by atoms with Gasteiger partial charge in [-0.15, -0.1) is 0 Å². The molecule has 50 heavy (non-hydrogen) atoms. The summed E-state index contributed by atoms with van der Waals surface area (Å²) in [4.78, 5) is 48.7. The van der Waals surface area contributed by atoms with E-state index in [1.807, 2.05) is 74.5 Å². The summed E-state index contributed by atoms with van der Waals surface area (Å²) in [5, 5.41) is 21.6. The zero-order valence-corrected chi connectivity index (χ0v) is 26.7. The standard InChI is InChI=1S/C18H13N5O3.C18H15N5O/c1-11-3-2-4-17(21-11)22-16-7-12(5-6-13(16)9-20-22)15-8-14(23(25)26)10-19-18(15)24;1-11-3-2-4-17(22-11)23-16-7-12(5-6-13(16)9-21-23)15-8-14(19)10-20-18(15)24/h2-10H,1H3,(H,19,24);2-10H,19H2,1H3,(H,20,24). The van der Waals surface area contributed by atoms with Crippen molar-refractivity contribution in [3.05, 3.63) is 152 Å². The van der Waals surface area contributed by atoms with E-state index in [9.17, 15) is 19.7 Å². The van der Waals surface area contributed by atoms with Gasteiger partial charge in [0.2, 0.25) is 0 Å². The first kappa shape index (κ1) is 31.4. The van der Waals surface area contributed by atoms with Crippen LogP contribution in [0.5, 0.6) is 0 Å². The number of nitrogen functional groups attached to an aromatic ring is 1. The molecule has 0 spiro atoms. The summed E-state index contributed by atoms with van der Waals surface area (Å²) < 4.78 is 3.45. The summed E-state index contributed by atoms with van der Waals surface area (Å²) in [7, 11) is 0. The van der Waals surface area contributed by atoms with Crippen LogP contribution in [0.25, 0.3) is 55.7 Å². The molecule has 2 aromatic carbocycles. The maximum atomic E-state index is 12.2. The van der Waals surface area contributed by atoms with E-state index in [0.29, 0.717) is 22.6 Å². The first-order chi connectivity index (χ1) is 24.1. The summed E-state index contributed by atoms with van der Waals surface area (Å²) in [5.74, 6) is 1.40. The van der Waals surface area contributed by atoms with E-state index >= 15 is 0 Å². The Labute approximate surface area is 282 Å². The van der Waals surface area contributed by atoms with Crippen molar-refractivity contribution in [2.75, 3.05) is 5.73 Å². The summed E-state index contributed by atoms with van der Waals surface area (Å²) in [5.41, 5.74) is 11.1. The highest BCUT2D eigenvalue weighted by Crippen LogP contribution is 2.27. The molecule has 6 heterocycles. The molecule has 246 valence electrons. The lowest BCUT2D eigenvalue weighted by molar-refractivity contribution is -0.385. The van der Waals surface area contributed by atoms with Crippen LogP contribution in [0.3, 0.4) is 0 Å². The highest BCUT2D eigenvalue weighted by atomic mass is 16.6. The summed E-state index contributed by atoms with van der Waals surface area (Å²) in [6.07, 6.45) is 6.07. The molecule has 0 saturated carbocycles. The number of nitrogens with one attached hydrogen (secondary N) is 2. The fraction of sp³-hybridized carbons (Fsp3) is 0.0556. The first-order valence-electron chi connectivity index (χ1n) is 15.3. The number of aromatic amines is 2. The number of nitro groups is 1. The normalized spacial score (nSPS) is 11.0. The Hall–Kier alpha value is -7.22. The molecule has 0 fully saturated rings. The van der Waals surface area contributed by atoms with Gasteiger partial charge in [0.1, 0.15) is 0 Å². The first-order valence-corrected chi connectivity index (χ1v) is 15.3. The molecule has 0 bridgehead atoms. The molecule has 6 aromatic heterocycles. The number of pyridine rings is 4. The van der Waals surface area contributed by atoms with Gasteiger partial charge in [0.25, 0.3) is 16.8 Å². The van der Waals surface area contributed by atoms with Crippen molar-refractivity contribution in [3.8, 4) is 33.9 Å². The van der Waals surface area contributed by atoms with Crippen LogP contribution in [0, 0.1) is 24.0 Å². The fourth-order valence-corrected chi connectivity index (χ4v) is 5.54. The second kappa shape index (κ2) is 12.8. The molecule has 0 aliphatic rings. The Bertz CT molecular complexity index is 2690. The predicted molar refractivity (Wildman–Crippen MR) is 190 cm³/mol. The third-order valence-corrected chi connectivity index (χ3v) is 7.97. The maximum Gasteiger partial charge on any atom is 0.286 e. The molecular weight excluding hydrogens is 636 g/mol. The number of fused-ring (bicyclic) bond motifs is 2. The second-order valence-corrected chi connectivity index (χ2v) is 11.5. The van der Waals surface area contributed by atoms with Gasteiger partial charge >= 0.3 is 0 Å². The van der Waals surface area contributed by atoms with Crippen LogP contribution in [-0.2, 0) is 0 Å². The van der Waals surface area contributed by atoms with Gasteiger partial charge in [0.15, 0.2) is 11.6 Å². The lowest BCUT2D eigenvalue weighted by Crippen LogP contribution is -2.09. The van der Waals surface area contributed by atoms with Gasteiger partial charge in [-0.25, -0.2) is 19.3 Å². The zero-order valence-electron chi connectivity index (χ0n) is 26.7. The molecule has 0 saturated heterocycles. The molecule has 0 unspecified atom stereocenters. The van der Waals surface area contributed by atoms with Crippen molar-refractivity contribution in [2.45, 2.75) is 13.8 Å². The van der Waals surface area contributed by atoms with Crippen LogP contribution < -0.4 is 16.9 Å². The predicted octanol–water partition coefficient (Wildman–Crippen LogP) is 5.66. The lowest BCUT2D eigenvalue weighted by Gasteiger charge is -2.06. The second-order valence-electron chi connectivity index (χ2n) is 11.5. The molecule has 0 radical (unpaired) electrons. The van der Waals surface area contributed by atoms with Crippen LogP contribution in [-0.4, -0.2) is 44.4 Å². The van der Waals surface area contributed by atoms with Crippen molar-refractivity contribution in [1.29, 1.82) is 0 Å². The molecule has 14 heteroatoms. The molecule has 0 atom stereocenters. The zero-order chi connectivity index (χ0) is 34.9. The van der Waals surface area contributed by atoms with E-state index in [-0.39, 0.29) is 16.8 Å². The quantitative estimate of drug-likeness (QED) is 0.154. The summed E-state index contributed by atoms with van der Waals surface area (Å²) >= 11 is 0. The average Bonchev–Trinajstić information content (AvgIpc) is 3.74. The number of rotatable bonds is 5. The smallest absolute Gasteiger partial charge is 0.286 e. The van der Waals surface area contributed by atoms with Gasteiger partial charge in [0.05, 0.1) is 40.1 Å². The van der Waals surface area contributed by atoms with Crippen LogP contribution in [0.2, 0.25) is 0 Å². The van der Waals surface area contributed by atoms with Gasteiger partial charge in [-0.2, -0.15) is 10.2 Å². The van der Waals surface area contributed by atoms with Gasteiger partial charge < -0.3 is 15.7 Å². The van der Waals surface area contributed by atoms with E-state index in [4.69, 9.17) is 5.73 Å². The molecule has 0 aliphatic carbocycles. The molecule has 0 amide bonds. The SMILES string of the molecule is Cc1cccc(-n2ncc3ccc(-c4cc(N)c[nH]c4=O)cc32)n1.Cc1cccc(-n2ncc3ccc(-c4cc([N+](=O)[O-])c[nH]c4=O)cc32)n1. The third-order valence-electron chi connectivity index (χ3n) is 7.97. The monoisotopic (exact) mass is 664 g/mol. The number of nitrogens with two attached hydrogens (primary N) is 1. The van der Waals surface area contributed by atoms with Crippen LogP contribution in [0.1, 0.15) is 11.4 Å². The molecular formula is C36H28N10O4. The molecule has 14 nitrogen and oxygen atoms in total. The molecule has 8 aromatic rings. The summed E-state index contributed by atoms with van der Waals surface area (Å²) in [6, 6.07) is 25.4. The van der Waals surface area contributed by atoms with Gasteiger partial charge in [-0.1, -0.05) is 36.4 Å². The van der Waals surface area contributed by atoms with E-state index in [1.54, 1.807) is 40.0 Å². The minimum Gasteiger partial charge on any atom is -0.398 e. The van der Waals surface area contributed by atoms with Crippen LogP contribution >= 0.6 is 0 Å². The van der Waals surface area contributed by atoms with E-state index < -0.39 is 10.5 Å². The van der Waals surface area contributed by atoms with Crippen molar-refractivity contribution < 1.29 is 4.92 Å². The van der Waals surface area contributed by atoms with Crippen molar-refractivity contribution in [1.82, 2.24) is 39.5 Å². The third kappa shape index (κ3) is 6.11. The Morgan fingerprint density at radius 2 is 1.18 bits per heavy atom. The van der Waals surface area contributed by atoms with Crippen LogP contribution in [0.4, 0.5) is 11.4 Å². The van der Waals surface area contributed by atoms with Gasteiger partial charge in [-0.05, 0) is 67.4 Å². The van der Waals surface area contributed by atoms with Crippen molar-refractivity contribution in [3.63, 3.8) is 0 Å². The average molecular weight is 665 g/mol. The van der Waals surface area contributed by atoms with Gasteiger partial charge in [-0.3, -0.25) is 19.7 Å². The number of aromatic nitrogens is 8. The molecule has 4 N–H and O–H groups in total. The Balaban J connectivity index is 0.000000157. The lowest BCUT2D eigenvalue weighted by atomic mass is 10.1. The van der Waals surface area contributed by atoms with Crippen molar-refractivity contribution >= 4 is 33.2 Å². The van der Waals surface area contributed by atoms with Gasteiger partial charge in [0, 0.05) is 45.7 Å². The molecule has 0 aliphatic heterocycles. The fourth-order valence-electron chi connectivity index (χ4n) is 5.54. The number of aryl methyl sites for hydroxylation is 2. The number of benzene rings is 2. The van der Waals surface area contributed by atoms with E-state index in [2.05, 4.69) is 30.1 Å². The minimum absolute atomic E-state index is 0.173.